The van der Waals surface area contributed by atoms with Crippen molar-refractivity contribution in [3.05, 3.63) is 30.9 Å². The van der Waals surface area contributed by atoms with Crippen molar-refractivity contribution < 1.29 is 54.7 Å². The first-order chi connectivity index (χ1) is 15.6. The van der Waals surface area contributed by atoms with Gasteiger partial charge in [-0.15, -0.1) is 0 Å². The second-order valence-corrected chi connectivity index (χ2v) is 7.45. The fraction of sp³-hybridized carbons (Fsp3) is 0.667. The van der Waals surface area contributed by atoms with Gasteiger partial charge in [0.2, 0.25) is 6.33 Å². The lowest BCUT2D eigenvalue weighted by Crippen LogP contribution is -2.60. The van der Waals surface area contributed by atoms with E-state index in [1.165, 1.54) is 25.7 Å². The normalized spacial score (nSPS) is 12.0. The van der Waals surface area contributed by atoms with Gasteiger partial charge in [-0.3, -0.25) is 0 Å². The molecule has 0 saturated carbocycles. The molecule has 1 aromatic heterocycles. The third-order valence-corrected chi connectivity index (χ3v) is 4.51. The van der Waals surface area contributed by atoms with Crippen LogP contribution in [0.3, 0.4) is 0 Å². The minimum atomic E-state index is -6.64. The number of carboxylic acid groups (broad SMARTS) is 1. The number of alkyl halides is 7. The first kappa shape index (κ1) is 31.4. The molecule has 0 amide bonds. The van der Waals surface area contributed by atoms with E-state index in [1.807, 2.05) is 0 Å². The van der Waals surface area contributed by atoms with Crippen LogP contribution in [0.1, 0.15) is 52.4 Å². The number of aromatic nitrogens is 2. The molecule has 0 aliphatic carbocycles. The summed E-state index contributed by atoms with van der Waals surface area (Å²) in [6.07, 6.45) is 6.81. The van der Waals surface area contributed by atoms with Crippen molar-refractivity contribution >= 4 is 11.9 Å². The summed E-state index contributed by atoms with van der Waals surface area (Å²) in [4.78, 5) is 20.4. The number of aliphatic carboxylic acids is 1. The molecule has 0 N–H and O–H groups in total. The van der Waals surface area contributed by atoms with Crippen molar-refractivity contribution in [3.8, 4) is 0 Å². The van der Waals surface area contributed by atoms with Gasteiger partial charge in [0.25, 0.3) is 0 Å². The number of ether oxygens (including phenoxy) is 1. The van der Waals surface area contributed by atoms with Crippen LogP contribution in [0, 0.1) is 0 Å². The van der Waals surface area contributed by atoms with Crippen molar-refractivity contribution in [2.45, 2.75) is 83.5 Å². The summed E-state index contributed by atoms with van der Waals surface area (Å²) >= 11 is 0. The first-order valence-electron chi connectivity index (χ1n) is 10.5. The van der Waals surface area contributed by atoms with Crippen molar-refractivity contribution in [2.24, 2.45) is 0 Å². The van der Waals surface area contributed by atoms with Crippen molar-refractivity contribution in [3.63, 3.8) is 0 Å². The van der Waals surface area contributed by atoms with Gasteiger partial charge in [-0.05, 0) is 33.1 Å². The fourth-order valence-corrected chi connectivity index (χ4v) is 2.46. The lowest BCUT2D eigenvalue weighted by atomic mass is 10.1. The molecule has 0 aliphatic rings. The van der Waals surface area contributed by atoms with Crippen molar-refractivity contribution in [2.75, 3.05) is 6.61 Å². The van der Waals surface area contributed by atoms with Gasteiger partial charge in [0.15, 0.2) is 0 Å². The quantitative estimate of drug-likeness (QED) is 0.134. The minimum Gasteiger partial charge on any atom is -0.544 e. The van der Waals surface area contributed by atoms with Gasteiger partial charge in [0.05, 0.1) is 19.7 Å². The van der Waals surface area contributed by atoms with E-state index in [2.05, 4.69) is 41.4 Å². The van der Waals surface area contributed by atoms with Crippen LogP contribution in [0.4, 0.5) is 30.7 Å². The van der Waals surface area contributed by atoms with Crippen molar-refractivity contribution in [1.82, 2.24) is 4.57 Å². The Labute approximate surface area is 193 Å². The largest absolute Gasteiger partial charge is 0.544 e. The summed E-state index contributed by atoms with van der Waals surface area (Å²) in [6, 6.07) is 0. The maximum atomic E-state index is 11.7. The Morgan fingerprint density at radius 3 is 1.94 bits per heavy atom. The molecule has 0 fully saturated rings. The molecule has 1 heterocycles. The van der Waals surface area contributed by atoms with Crippen LogP contribution >= 0.6 is 0 Å². The van der Waals surface area contributed by atoms with Crippen LogP contribution < -0.4 is 9.67 Å². The van der Waals surface area contributed by atoms with Gasteiger partial charge in [0.1, 0.15) is 18.4 Å². The first-order valence-corrected chi connectivity index (χ1v) is 10.5. The van der Waals surface area contributed by atoms with Gasteiger partial charge in [0, 0.05) is 5.57 Å². The number of carboxylic acids is 1. The Kier molecular flexibility index (Phi) is 12.9. The number of carbonyl (C=O) groups is 2. The van der Waals surface area contributed by atoms with E-state index in [4.69, 9.17) is 4.74 Å². The maximum absolute atomic E-state index is 11.7. The summed E-state index contributed by atoms with van der Waals surface area (Å²) in [5.74, 6) is -17.0. The molecule has 196 valence electrons. The van der Waals surface area contributed by atoms with Gasteiger partial charge >= 0.3 is 24.0 Å². The zero-order valence-electron chi connectivity index (χ0n) is 19.0. The molecule has 0 bridgehead atoms. The highest BCUT2D eigenvalue weighted by Gasteiger charge is 2.73. The second kappa shape index (κ2) is 14.0. The smallest absolute Gasteiger partial charge is 0.460 e. The van der Waals surface area contributed by atoms with Gasteiger partial charge in [-0.25, -0.2) is 13.9 Å². The second-order valence-electron chi connectivity index (χ2n) is 7.45. The zero-order valence-corrected chi connectivity index (χ0v) is 19.0. The molecule has 0 spiro atoms. The molecule has 0 unspecified atom stereocenters. The van der Waals surface area contributed by atoms with E-state index in [9.17, 15) is 45.4 Å². The van der Waals surface area contributed by atoms with Crippen LogP contribution in [0.15, 0.2) is 30.9 Å². The van der Waals surface area contributed by atoms with Crippen molar-refractivity contribution in [1.29, 1.82) is 0 Å². The van der Waals surface area contributed by atoms with Crippen LogP contribution in [-0.4, -0.2) is 41.1 Å². The molecule has 0 radical (unpaired) electrons. The molecule has 1 rings (SSSR count). The number of nitrogens with zero attached hydrogens (tertiary/aromatic N) is 2. The molecular formula is C21H29F7N2O4. The molecule has 0 aliphatic heterocycles. The van der Waals surface area contributed by atoms with E-state index in [-0.39, 0.29) is 5.97 Å². The number of aryl methyl sites for hydroxylation is 2. The predicted octanol–water partition coefficient (Wildman–Crippen LogP) is 3.82. The monoisotopic (exact) mass is 506 g/mol. The maximum Gasteiger partial charge on any atom is 0.460 e. The number of esters is 1. The number of imidazole rings is 1. The number of rotatable bonds is 13. The Morgan fingerprint density at radius 1 is 1.00 bits per heavy atom. The summed E-state index contributed by atoms with van der Waals surface area (Å²) < 4.78 is 89.7. The van der Waals surface area contributed by atoms with Gasteiger partial charge in [-0.1, -0.05) is 25.8 Å². The van der Waals surface area contributed by atoms with E-state index < -0.39 is 24.0 Å². The molecule has 0 aromatic carbocycles. The number of carbonyl (C=O) groups excluding carboxylic acids is 2. The highest BCUT2D eigenvalue weighted by Crippen LogP contribution is 2.46. The summed E-state index contributed by atoms with van der Waals surface area (Å²) in [6.45, 7) is 10.0. The Bertz CT molecular complexity index is 792. The lowest BCUT2D eigenvalue weighted by molar-refractivity contribution is -0.696. The molecule has 0 saturated heterocycles. The van der Waals surface area contributed by atoms with Crippen LogP contribution in [-0.2, 0) is 27.4 Å². The molecule has 34 heavy (non-hydrogen) atoms. The van der Waals surface area contributed by atoms with Gasteiger partial charge in [-0.2, -0.15) is 30.7 Å². The number of unbranched alkanes of at least 4 members (excludes halogenated alkanes) is 5. The Morgan fingerprint density at radius 2 is 1.53 bits per heavy atom. The average Bonchev–Trinajstić information content (AvgIpc) is 3.19. The highest BCUT2D eigenvalue weighted by molar-refractivity contribution is 5.86. The molecule has 13 heteroatoms. The van der Waals surface area contributed by atoms with Crippen LogP contribution in [0.2, 0.25) is 0 Å². The molecule has 6 nitrogen and oxygen atoms in total. The highest BCUT2D eigenvalue weighted by atomic mass is 19.4. The number of hydrogen-bond acceptors (Lipinski definition) is 4. The number of hydrogen-bond donors (Lipinski definition) is 0. The third-order valence-electron chi connectivity index (χ3n) is 4.51. The zero-order chi connectivity index (χ0) is 26.6. The molecular weight excluding hydrogens is 477 g/mol. The molecule has 0 atom stereocenters. The fourth-order valence-electron chi connectivity index (χ4n) is 2.46. The standard InChI is InChI=1S/C17H29N2O2.C4HF7O2/c1-4-18-12-13-19(15-18)11-9-7-5-6-8-10-14-21-17(20)16(2)3;5-2(6,1(12)13)3(7,8)4(9,10)11/h12-13,15H,2,4-11,14H2,1,3H3;(H,12,13)/q+1;/p-1. The topological polar surface area (TPSA) is 75.2 Å². The third kappa shape index (κ3) is 10.1. The van der Waals surface area contributed by atoms with E-state index >= 15 is 0 Å². The summed E-state index contributed by atoms with van der Waals surface area (Å²) in [5, 5.41) is 9.27. The summed E-state index contributed by atoms with van der Waals surface area (Å²) in [5.41, 5.74) is 0.476. The van der Waals surface area contributed by atoms with E-state index in [0.29, 0.717) is 12.2 Å². The lowest BCUT2D eigenvalue weighted by Gasteiger charge is -2.28. The Hall–Kier alpha value is -2.60. The van der Waals surface area contributed by atoms with Gasteiger partial charge < -0.3 is 14.6 Å². The average molecular weight is 506 g/mol. The Balaban J connectivity index is 0.000000722. The minimum absolute atomic E-state index is 0.272. The van der Waals surface area contributed by atoms with E-state index in [0.717, 1.165) is 25.9 Å². The number of halogens is 7. The molecule has 1 aromatic rings. The predicted molar refractivity (Wildman–Crippen MR) is 105 cm³/mol. The van der Waals surface area contributed by atoms with Crippen LogP contribution in [0.25, 0.3) is 0 Å². The summed E-state index contributed by atoms with van der Waals surface area (Å²) in [7, 11) is 0. The van der Waals surface area contributed by atoms with E-state index in [1.54, 1.807) is 6.92 Å². The SMILES string of the molecule is C=C(C)C(=O)OCCCCCCCC[n+]1ccn(CC)c1.O=C([O-])C(F)(F)C(F)(F)C(F)(F)F. The van der Waals surface area contributed by atoms with Crippen LogP contribution in [0.5, 0.6) is 0 Å².